The van der Waals surface area contributed by atoms with Crippen molar-refractivity contribution < 1.29 is 28.3 Å². The number of hydrogen-bond donors (Lipinski definition) is 1. The predicted octanol–water partition coefficient (Wildman–Crippen LogP) is 3.97. The summed E-state index contributed by atoms with van der Waals surface area (Å²) < 4.78 is 15.1. The number of furan rings is 1. The number of carbonyl (C=O) groups excluding carboxylic acids is 3. The Hall–Kier alpha value is -2.98. The number of amides is 1. The number of aromatic nitrogens is 1. The summed E-state index contributed by atoms with van der Waals surface area (Å²) in [6, 6.07) is 3.47. The van der Waals surface area contributed by atoms with Crippen molar-refractivity contribution >= 4 is 45.5 Å². The largest absolute Gasteiger partial charge is 0.465 e. The Morgan fingerprint density at radius 3 is 2.55 bits per heavy atom. The first kappa shape index (κ1) is 20.7. The summed E-state index contributed by atoms with van der Waals surface area (Å²) in [5, 5.41) is 3.52. The quantitative estimate of drug-likeness (QED) is 0.585. The minimum absolute atomic E-state index is 0.132. The van der Waals surface area contributed by atoms with Gasteiger partial charge in [0.1, 0.15) is 5.00 Å². The summed E-state index contributed by atoms with van der Waals surface area (Å²) in [4.78, 5) is 42.3. The Morgan fingerprint density at radius 2 is 1.90 bits per heavy atom. The molecular weight excluding hydrogens is 416 g/mol. The highest BCUT2D eigenvalue weighted by molar-refractivity contribution is 7.17. The smallest absolute Gasteiger partial charge is 0.358 e. The van der Waals surface area contributed by atoms with E-state index in [-0.39, 0.29) is 5.69 Å². The number of thiophene rings is 1. The Kier molecular flexibility index (Phi) is 6.14. The topological polar surface area (TPSA) is 108 Å². The lowest BCUT2D eigenvalue weighted by Crippen LogP contribution is -2.22. The predicted molar refractivity (Wildman–Crippen MR) is 109 cm³/mol. The van der Waals surface area contributed by atoms with Gasteiger partial charge in [-0.3, -0.25) is 4.79 Å². The van der Waals surface area contributed by atoms with Crippen LogP contribution in [0.4, 0.5) is 5.00 Å². The second kappa shape index (κ2) is 8.58. The van der Waals surface area contributed by atoms with Gasteiger partial charge in [-0.15, -0.1) is 22.7 Å². The highest BCUT2D eigenvalue weighted by atomic mass is 32.1. The number of hydrogen-bond acceptors (Lipinski definition) is 9. The molecule has 0 aliphatic carbocycles. The van der Waals surface area contributed by atoms with E-state index in [1.807, 2.05) is 6.92 Å². The van der Waals surface area contributed by atoms with Crippen LogP contribution < -0.4 is 5.32 Å². The van der Waals surface area contributed by atoms with E-state index in [0.29, 0.717) is 26.2 Å². The third-order valence-corrected chi connectivity index (χ3v) is 6.19. The fourth-order valence-corrected chi connectivity index (χ4v) is 4.45. The normalized spacial score (nSPS) is 10.6. The Bertz CT molecular complexity index is 1070. The number of nitrogens with zero attached hydrogens (tertiary/aromatic N) is 1. The van der Waals surface area contributed by atoms with Crippen LogP contribution in [0.3, 0.4) is 0 Å². The van der Waals surface area contributed by atoms with E-state index < -0.39 is 24.5 Å². The molecule has 0 bridgehead atoms. The zero-order valence-corrected chi connectivity index (χ0v) is 17.8. The van der Waals surface area contributed by atoms with Crippen LogP contribution in [0.25, 0.3) is 10.8 Å². The summed E-state index contributed by atoms with van der Waals surface area (Å²) in [6.07, 6.45) is 1.52. The Labute approximate surface area is 174 Å². The zero-order valence-electron chi connectivity index (χ0n) is 16.2. The number of ether oxygens (including phenoxy) is 2. The average molecular weight is 434 g/mol. The lowest BCUT2D eigenvalue weighted by molar-refractivity contribution is -0.119. The van der Waals surface area contributed by atoms with Crippen LogP contribution in [0.2, 0.25) is 0 Å². The van der Waals surface area contributed by atoms with Crippen LogP contribution in [-0.4, -0.2) is 36.5 Å². The lowest BCUT2D eigenvalue weighted by Gasteiger charge is -2.07. The molecule has 152 valence electrons. The van der Waals surface area contributed by atoms with Crippen molar-refractivity contribution in [1.29, 1.82) is 0 Å². The van der Waals surface area contributed by atoms with Gasteiger partial charge in [-0.2, -0.15) is 0 Å². The van der Waals surface area contributed by atoms with Crippen LogP contribution in [0.15, 0.2) is 22.8 Å². The van der Waals surface area contributed by atoms with Crippen LogP contribution >= 0.6 is 22.7 Å². The molecule has 3 aromatic heterocycles. The molecule has 0 fully saturated rings. The number of rotatable bonds is 6. The molecule has 0 aromatic carbocycles. The molecule has 1 N–H and O–H groups in total. The summed E-state index contributed by atoms with van der Waals surface area (Å²) >= 11 is 2.55. The van der Waals surface area contributed by atoms with Gasteiger partial charge in [-0.1, -0.05) is 0 Å². The van der Waals surface area contributed by atoms with Gasteiger partial charge in [0.05, 0.1) is 18.9 Å². The van der Waals surface area contributed by atoms with E-state index in [2.05, 4.69) is 10.3 Å². The number of carbonyl (C=O) groups is 3. The standard InChI is InChI=1S/C19H18N2O6S2/c1-9-10(2)28-17(14(9)18(23)25-4)20-13(22)8-27-19(24)15-11(3)29-16(21-15)12-6-5-7-26-12/h5-7H,8H2,1-4H3,(H,20,22). The van der Waals surface area contributed by atoms with E-state index in [4.69, 9.17) is 13.9 Å². The molecule has 0 spiro atoms. The van der Waals surface area contributed by atoms with Gasteiger partial charge in [-0.05, 0) is 38.5 Å². The van der Waals surface area contributed by atoms with Crippen LogP contribution in [-0.2, 0) is 14.3 Å². The lowest BCUT2D eigenvalue weighted by atomic mass is 10.1. The molecule has 0 saturated heterocycles. The molecule has 0 radical (unpaired) electrons. The molecule has 29 heavy (non-hydrogen) atoms. The fourth-order valence-electron chi connectivity index (χ4n) is 2.52. The molecule has 0 unspecified atom stereocenters. The number of esters is 2. The number of aryl methyl sites for hydroxylation is 2. The van der Waals surface area contributed by atoms with E-state index in [1.165, 1.54) is 36.0 Å². The van der Waals surface area contributed by atoms with Crippen molar-refractivity contribution in [2.24, 2.45) is 0 Å². The zero-order chi connectivity index (χ0) is 21.1. The van der Waals surface area contributed by atoms with E-state index in [9.17, 15) is 14.4 Å². The molecule has 0 aliphatic heterocycles. The maximum absolute atomic E-state index is 12.3. The second-order valence-electron chi connectivity index (χ2n) is 6.00. The van der Waals surface area contributed by atoms with Gasteiger partial charge < -0.3 is 19.2 Å². The summed E-state index contributed by atoms with van der Waals surface area (Å²) in [5.74, 6) is -1.27. The third-order valence-electron chi connectivity index (χ3n) is 4.08. The molecule has 10 heteroatoms. The van der Waals surface area contributed by atoms with Gasteiger partial charge in [0.15, 0.2) is 23.1 Å². The first-order valence-corrected chi connectivity index (χ1v) is 10.1. The molecule has 3 rings (SSSR count). The molecule has 3 heterocycles. The summed E-state index contributed by atoms with van der Waals surface area (Å²) in [7, 11) is 1.27. The van der Waals surface area contributed by atoms with E-state index in [0.717, 1.165) is 10.4 Å². The Morgan fingerprint density at radius 1 is 1.14 bits per heavy atom. The first-order chi connectivity index (χ1) is 13.8. The van der Waals surface area contributed by atoms with Crippen molar-refractivity contribution in [2.75, 3.05) is 19.0 Å². The van der Waals surface area contributed by atoms with Crippen LogP contribution in [0.1, 0.15) is 36.2 Å². The number of nitrogens with one attached hydrogen (secondary N) is 1. The highest BCUT2D eigenvalue weighted by Crippen LogP contribution is 2.33. The fraction of sp³-hybridized carbons (Fsp3) is 0.263. The highest BCUT2D eigenvalue weighted by Gasteiger charge is 2.23. The van der Waals surface area contributed by atoms with E-state index in [1.54, 1.807) is 26.0 Å². The van der Waals surface area contributed by atoms with Gasteiger partial charge in [0.25, 0.3) is 5.91 Å². The van der Waals surface area contributed by atoms with Crippen LogP contribution in [0, 0.1) is 20.8 Å². The number of anilines is 1. The van der Waals surface area contributed by atoms with Gasteiger partial charge in [0, 0.05) is 9.75 Å². The minimum Gasteiger partial charge on any atom is -0.465 e. The molecular formula is C19H18N2O6S2. The Balaban J connectivity index is 1.65. The van der Waals surface area contributed by atoms with Crippen molar-refractivity contribution in [3.05, 3.63) is 45.0 Å². The van der Waals surface area contributed by atoms with Gasteiger partial charge in [0.2, 0.25) is 0 Å². The SMILES string of the molecule is COC(=O)c1c(NC(=O)COC(=O)c2nc(-c3ccco3)sc2C)sc(C)c1C. The van der Waals surface area contributed by atoms with Gasteiger partial charge >= 0.3 is 11.9 Å². The van der Waals surface area contributed by atoms with Crippen molar-refractivity contribution in [2.45, 2.75) is 20.8 Å². The molecule has 0 saturated carbocycles. The summed E-state index contributed by atoms with van der Waals surface area (Å²) in [6.45, 7) is 4.84. The first-order valence-electron chi connectivity index (χ1n) is 8.48. The molecule has 3 aromatic rings. The van der Waals surface area contributed by atoms with Crippen LogP contribution in [0.5, 0.6) is 0 Å². The van der Waals surface area contributed by atoms with Crippen molar-refractivity contribution in [3.8, 4) is 10.8 Å². The molecule has 8 nitrogen and oxygen atoms in total. The second-order valence-corrected chi connectivity index (χ2v) is 8.43. The molecule has 1 amide bonds. The van der Waals surface area contributed by atoms with Crippen molar-refractivity contribution in [1.82, 2.24) is 4.98 Å². The minimum atomic E-state index is -0.710. The van der Waals surface area contributed by atoms with Crippen molar-refractivity contribution in [3.63, 3.8) is 0 Å². The average Bonchev–Trinajstić information content (AvgIpc) is 3.40. The third kappa shape index (κ3) is 4.38. The van der Waals surface area contributed by atoms with Gasteiger partial charge in [-0.25, -0.2) is 14.6 Å². The number of thiazole rings is 1. The summed E-state index contributed by atoms with van der Waals surface area (Å²) in [5.41, 5.74) is 1.16. The number of methoxy groups -OCH3 is 1. The van der Waals surface area contributed by atoms with E-state index >= 15 is 0 Å². The molecule has 0 atom stereocenters. The monoisotopic (exact) mass is 434 g/mol. The maximum Gasteiger partial charge on any atom is 0.358 e. The maximum atomic E-state index is 12.3. The molecule has 0 aliphatic rings.